The molecule has 3 N–H and O–H groups in total. The van der Waals surface area contributed by atoms with Crippen LogP contribution in [0.4, 0.5) is 4.39 Å². The average Bonchev–Trinajstić information content (AvgIpc) is 3.19. The Morgan fingerprint density at radius 1 is 1.06 bits per heavy atom. The molecular weight excluding hydrogens is 453 g/mol. The van der Waals surface area contributed by atoms with Crippen molar-refractivity contribution in [3.8, 4) is 45.3 Å². The third-order valence-corrected chi connectivity index (χ3v) is 6.33. The summed E-state index contributed by atoms with van der Waals surface area (Å²) in [6.07, 6.45) is 1.20. The van der Waals surface area contributed by atoms with Crippen molar-refractivity contribution >= 4 is 5.97 Å². The molecule has 0 aliphatic carbocycles. The largest absolute Gasteiger partial charge is 0.508 e. The second-order valence-corrected chi connectivity index (χ2v) is 8.91. The number of aromatic hydroxyl groups is 2. The van der Waals surface area contributed by atoms with Crippen LogP contribution >= 0.6 is 0 Å². The summed E-state index contributed by atoms with van der Waals surface area (Å²) in [5.74, 6) is -2.72. The first-order chi connectivity index (χ1) is 16.7. The number of phenols is 2. The standard InChI is InChI=1S/C26H22FN3O5/c1-13(2)19-12-30-23(24-21(27)25(33)18(26(34)35)11-29(19)24)20(14-5-3-7-16(31)9-14)22(28-30)15-6-4-8-17(32)10-15/h3-11,13,19,31-32H,12H2,1-2H3,(H,34,35)/t19-/m0/s1. The van der Waals surface area contributed by atoms with Gasteiger partial charge in [0.15, 0.2) is 5.82 Å². The van der Waals surface area contributed by atoms with E-state index < -0.39 is 22.8 Å². The van der Waals surface area contributed by atoms with Gasteiger partial charge in [-0.25, -0.2) is 9.18 Å². The quantitative estimate of drug-likeness (QED) is 0.400. The van der Waals surface area contributed by atoms with E-state index in [1.54, 1.807) is 28.9 Å². The van der Waals surface area contributed by atoms with Gasteiger partial charge < -0.3 is 19.9 Å². The number of carbonyl (C=O) groups is 1. The lowest BCUT2D eigenvalue weighted by molar-refractivity contribution is 0.0693. The number of rotatable bonds is 4. The third-order valence-electron chi connectivity index (χ3n) is 6.33. The topological polar surface area (TPSA) is 118 Å². The Morgan fingerprint density at radius 2 is 1.69 bits per heavy atom. The van der Waals surface area contributed by atoms with Gasteiger partial charge in [0, 0.05) is 17.3 Å². The smallest absolute Gasteiger partial charge is 0.341 e. The summed E-state index contributed by atoms with van der Waals surface area (Å²) in [4.78, 5) is 24.4. The number of benzene rings is 2. The van der Waals surface area contributed by atoms with Crippen molar-refractivity contribution in [3.05, 3.63) is 76.3 Å². The van der Waals surface area contributed by atoms with Crippen molar-refractivity contribution in [1.82, 2.24) is 14.3 Å². The molecule has 0 bridgehead atoms. The molecule has 2 aromatic heterocycles. The van der Waals surface area contributed by atoms with Crippen LogP contribution in [0.3, 0.4) is 0 Å². The number of halogens is 1. The van der Waals surface area contributed by atoms with E-state index in [0.717, 1.165) is 0 Å². The average molecular weight is 475 g/mol. The molecule has 0 saturated carbocycles. The van der Waals surface area contributed by atoms with Gasteiger partial charge in [-0.15, -0.1) is 0 Å². The van der Waals surface area contributed by atoms with Gasteiger partial charge in [-0.3, -0.25) is 9.48 Å². The van der Waals surface area contributed by atoms with Crippen LogP contribution in [-0.4, -0.2) is 35.6 Å². The number of pyridine rings is 1. The van der Waals surface area contributed by atoms with Crippen molar-refractivity contribution in [2.45, 2.75) is 26.4 Å². The highest BCUT2D eigenvalue weighted by atomic mass is 19.1. The second kappa shape index (κ2) is 8.12. The van der Waals surface area contributed by atoms with Gasteiger partial charge in [0.1, 0.15) is 28.5 Å². The summed E-state index contributed by atoms with van der Waals surface area (Å²) in [6.45, 7) is 4.14. The Kier molecular flexibility index (Phi) is 5.20. The summed E-state index contributed by atoms with van der Waals surface area (Å²) in [5, 5.41) is 34.5. The maximum Gasteiger partial charge on any atom is 0.341 e. The number of aromatic nitrogens is 3. The maximum atomic E-state index is 15.7. The molecule has 1 aliphatic heterocycles. The number of nitrogens with zero attached hydrogens (tertiary/aromatic N) is 3. The molecule has 35 heavy (non-hydrogen) atoms. The summed E-state index contributed by atoms with van der Waals surface area (Å²) in [5.41, 5.74) is 0.324. The van der Waals surface area contributed by atoms with Crippen molar-refractivity contribution in [2.24, 2.45) is 5.92 Å². The van der Waals surface area contributed by atoms with Crippen LogP contribution in [0, 0.1) is 11.7 Å². The van der Waals surface area contributed by atoms with E-state index in [1.165, 1.54) is 35.0 Å². The van der Waals surface area contributed by atoms with E-state index >= 15 is 4.39 Å². The molecule has 1 aliphatic rings. The Hall–Kier alpha value is -4.40. The molecule has 178 valence electrons. The summed E-state index contributed by atoms with van der Waals surface area (Å²) in [7, 11) is 0. The molecule has 0 unspecified atom stereocenters. The van der Waals surface area contributed by atoms with Crippen LogP contribution in [-0.2, 0) is 6.54 Å². The number of fused-ring (bicyclic) bond motifs is 3. The predicted octanol–water partition coefficient (Wildman–Crippen LogP) is 4.51. The molecule has 1 atom stereocenters. The fraction of sp³-hybridized carbons (Fsp3) is 0.192. The van der Waals surface area contributed by atoms with E-state index in [1.807, 2.05) is 13.8 Å². The van der Waals surface area contributed by atoms with Crippen LogP contribution in [0.2, 0.25) is 0 Å². The molecule has 3 heterocycles. The number of aromatic carboxylic acids is 1. The minimum atomic E-state index is -1.50. The molecule has 0 amide bonds. The first-order valence-corrected chi connectivity index (χ1v) is 11.0. The fourth-order valence-corrected chi connectivity index (χ4v) is 4.66. The highest BCUT2D eigenvalue weighted by molar-refractivity contribution is 5.93. The molecule has 0 fully saturated rings. The van der Waals surface area contributed by atoms with Crippen molar-refractivity contribution < 1.29 is 24.5 Å². The molecular formula is C26H22FN3O5. The third kappa shape index (κ3) is 3.56. The Bertz CT molecular complexity index is 1550. The molecule has 0 spiro atoms. The maximum absolute atomic E-state index is 15.7. The number of carboxylic acids is 1. The van der Waals surface area contributed by atoms with E-state index in [0.29, 0.717) is 28.9 Å². The van der Waals surface area contributed by atoms with Gasteiger partial charge in [-0.1, -0.05) is 38.1 Å². The van der Waals surface area contributed by atoms with Crippen LogP contribution < -0.4 is 5.43 Å². The second-order valence-electron chi connectivity index (χ2n) is 8.91. The van der Waals surface area contributed by atoms with E-state index in [-0.39, 0.29) is 34.8 Å². The van der Waals surface area contributed by atoms with E-state index in [4.69, 9.17) is 5.10 Å². The summed E-state index contributed by atoms with van der Waals surface area (Å²) in [6, 6.07) is 12.4. The van der Waals surface area contributed by atoms with Gasteiger partial charge >= 0.3 is 5.97 Å². The zero-order valence-electron chi connectivity index (χ0n) is 18.9. The van der Waals surface area contributed by atoms with Gasteiger partial charge in [0.05, 0.1) is 18.3 Å². The minimum absolute atomic E-state index is 0.0146. The van der Waals surface area contributed by atoms with Crippen molar-refractivity contribution in [1.29, 1.82) is 0 Å². The monoisotopic (exact) mass is 475 g/mol. The van der Waals surface area contributed by atoms with Crippen LogP contribution in [0.1, 0.15) is 30.2 Å². The molecule has 5 rings (SSSR count). The zero-order valence-corrected chi connectivity index (χ0v) is 18.9. The van der Waals surface area contributed by atoms with Gasteiger partial charge in [-0.05, 0) is 35.7 Å². The molecule has 9 heteroatoms. The van der Waals surface area contributed by atoms with Crippen molar-refractivity contribution in [2.75, 3.05) is 0 Å². The summed E-state index contributed by atoms with van der Waals surface area (Å²) >= 11 is 0. The van der Waals surface area contributed by atoms with Crippen molar-refractivity contribution in [3.63, 3.8) is 0 Å². The van der Waals surface area contributed by atoms with Crippen LogP contribution in [0.25, 0.3) is 33.8 Å². The Morgan fingerprint density at radius 3 is 2.29 bits per heavy atom. The van der Waals surface area contributed by atoms with E-state index in [9.17, 15) is 24.9 Å². The Labute approximate surface area is 199 Å². The SMILES string of the molecule is CC(C)[C@@H]1Cn2nc(-c3cccc(O)c3)c(-c3cccc(O)c3)c2-c2c(F)c(=O)c(C(=O)O)cn21. The normalized spacial score (nSPS) is 14.6. The summed E-state index contributed by atoms with van der Waals surface area (Å²) < 4.78 is 18.9. The highest BCUT2D eigenvalue weighted by Crippen LogP contribution is 2.45. The molecule has 4 aromatic rings. The lowest BCUT2D eigenvalue weighted by Crippen LogP contribution is -2.33. The number of phenolic OH excluding ortho intramolecular Hbond substituents is 2. The van der Waals surface area contributed by atoms with Gasteiger partial charge in [0.25, 0.3) is 0 Å². The number of hydrogen-bond donors (Lipinski definition) is 3. The predicted molar refractivity (Wildman–Crippen MR) is 127 cm³/mol. The molecule has 0 radical (unpaired) electrons. The number of carboxylic acid groups (broad SMARTS) is 1. The molecule has 0 saturated heterocycles. The molecule has 2 aromatic carbocycles. The zero-order chi connectivity index (χ0) is 25.0. The first-order valence-electron chi connectivity index (χ1n) is 11.0. The van der Waals surface area contributed by atoms with Crippen LogP contribution in [0.5, 0.6) is 11.5 Å². The van der Waals surface area contributed by atoms with Gasteiger partial charge in [0.2, 0.25) is 5.43 Å². The minimum Gasteiger partial charge on any atom is -0.508 e. The lowest BCUT2D eigenvalue weighted by atomic mass is 9.94. The first kappa shape index (κ1) is 22.4. The van der Waals surface area contributed by atoms with Crippen LogP contribution in [0.15, 0.2) is 59.5 Å². The fourth-order valence-electron chi connectivity index (χ4n) is 4.66. The highest BCUT2D eigenvalue weighted by Gasteiger charge is 2.36. The lowest BCUT2D eigenvalue weighted by Gasteiger charge is -2.33. The van der Waals surface area contributed by atoms with E-state index in [2.05, 4.69) is 0 Å². The number of hydrogen-bond acceptors (Lipinski definition) is 5. The van der Waals surface area contributed by atoms with Gasteiger partial charge in [-0.2, -0.15) is 5.10 Å². The Balaban J connectivity index is 1.92. The molecule has 8 nitrogen and oxygen atoms in total.